The van der Waals surface area contributed by atoms with Crippen LogP contribution in [0, 0.1) is 16.0 Å². The minimum Gasteiger partial charge on any atom is -0.314 e. The van der Waals surface area contributed by atoms with Crippen LogP contribution in [0.4, 0.5) is 18.9 Å². The van der Waals surface area contributed by atoms with Crippen molar-refractivity contribution in [2.24, 2.45) is 5.92 Å². The lowest BCUT2D eigenvalue weighted by molar-refractivity contribution is -0.385. The number of hydrogen-bond donors (Lipinski definition) is 1. The summed E-state index contributed by atoms with van der Waals surface area (Å²) in [4.78, 5) is 9.83. The van der Waals surface area contributed by atoms with Crippen LogP contribution in [-0.4, -0.2) is 17.5 Å². The summed E-state index contributed by atoms with van der Waals surface area (Å²) in [5, 5.41) is 13.8. The third-order valence-corrected chi connectivity index (χ3v) is 3.32. The zero-order valence-corrected chi connectivity index (χ0v) is 12.2. The molecular weight excluding hydrogens is 285 g/mol. The lowest BCUT2D eigenvalue weighted by Gasteiger charge is -2.23. The van der Waals surface area contributed by atoms with Gasteiger partial charge in [-0.2, -0.15) is 13.2 Å². The maximum atomic E-state index is 13.1. The molecule has 1 N–H and O–H groups in total. The van der Waals surface area contributed by atoms with Crippen LogP contribution in [0.25, 0.3) is 0 Å². The molecule has 118 valence electrons. The Balaban J connectivity index is 3.19. The Bertz CT molecular complexity index is 501. The summed E-state index contributed by atoms with van der Waals surface area (Å²) in [6, 6.07) is 2.82. The van der Waals surface area contributed by atoms with Crippen molar-refractivity contribution in [3.63, 3.8) is 0 Å². The van der Waals surface area contributed by atoms with Gasteiger partial charge in [-0.1, -0.05) is 26.8 Å². The third-order valence-electron chi connectivity index (χ3n) is 3.32. The molecule has 0 aliphatic carbocycles. The van der Waals surface area contributed by atoms with Crippen molar-refractivity contribution in [2.75, 3.05) is 6.54 Å². The number of nitrogens with one attached hydrogen (secondary N) is 1. The van der Waals surface area contributed by atoms with Gasteiger partial charge >= 0.3 is 6.18 Å². The molecule has 4 nitrogen and oxygen atoms in total. The normalized spacial score (nSPS) is 13.5. The van der Waals surface area contributed by atoms with Gasteiger partial charge in [-0.15, -0.1) is 0 Å². The highest BCUT2D eigenvalue weighted by Gasteiger charge is 2.35. The number of nitro benzene ring substituents is 1. The molecule has 1 atom stereocenters. The van der Waals surface area contributed by atoms with E-state index >= 15 is 0 Å². The van der Waals surface area contributed by atoms with E-state index in [2.05, 4.69) is 5.32 Å². The molecule has 0 heterocycles. The van der Waals surface area contributed by atoms with Crippen LogP contribution < -0.4 is 5.32 Å². The molecule has 0 bridgehead atoms. The van der Waals surface area contributed by atoms with Gasteiger partial charge in [0.2, 0.25) is 0 Å². The van der Waals surface area contributed by atoms with Gasteiger partial charge in [0.1, 0.15) is 0 Å². The maximum absolute atomic E-state index is 13.1. The summed E-state index contributed by atoms with van der Waals surface area (Å²) in [5.74, 6) is 0.154. The Morgan fingerprint density at radius 3 is 2.38 bits per heavy atom. The van der Waals surface area contributed by atoms with E-state index in [0.29, 0.717) is 12.6 Å². The minimum atomic E-state index is -4.60. The molecule has 0 saturated carbocycles. The van der Waals surface area contributed by atoms with Crippen LogP contribution >= 0.6 is 0 Å². The highest BCUT2D eigenvalue weighted by molar-refractivity contribution is 5.41. The van der Waals surface area contributed by atoms with Crippen molar-refractivity contribution in [2.45, 2.75) is 39.4 Å². The zero-order chi connectivity index (χ0) is 16.2. The SMILES string of the molecule is CCNC(Cc1ccc([N+](=O)[O-])cc1C(F)(F)F)C(C)C. The average Bonchev–Trinajstić information content (AvgIpc) is 2.36. The van der Waals surface area contributed by atoms with Gasteiger partial charge in [0.25, 0.3) is 5.69 Å². The van der Waals surface area contributed by atoms with E-state index in [0.717, 1.165) is 6.07 Å². The van der Waals surface area contributed by atoms with E-state index in [1.165, 1.54) is 6.07 Å². The molecule has 0 aromatic heterocycles. The second kappa shape index (κ2) is 6.89. The molecule has 21 heavy (non-hydrogen) atoms. The fourth-order valence-corrected chi connectivity index (χ4v) is 2.16. The van der Waals surface area contributed by atoms with Gasteiger partial charge in [0, 0.05) is 18.2 Å². The summed E-state index contributed by atoms with van der Waals surface area (Å²) in [7, 11) is 0. The van der Waals surface area contributed by atoms with Gasteiger partial charge in [0.05, 0.1) is 10.5 Å². The second-order valence-electron chi connectivity index (χ2n) is 5.21. The Labute approximate surface area is 121 Å². The van der Waals surface area contributed by atoms with Crippen molar-refractivity contribution < 1.29 is 18.1 Å². The topological polar surface area (TPSA) is 55.2 Å². The summed E-state index contributed by atoms with van der Waals surface area (Å²) >= 11 is 0. The molecule has 0 fully saturated rings. The minimum absolute atomic E-state index is 0.0766. The molecule has 0 spiro atoms. The number of alkyl halides is 3. The monoisotopic (exact) mass is 304 g/mol. The van der Waals surface area contributed by atoms with Crippen LogP contribution in [0.1, 0.15) is 31.9 Å². The van der Waals surface area contributed by atoms with Crippen LogP contribution in [0.15, 0.2) is 18.2 Å². The van der Waals surface area contributed by atoms with Crippen LogP contribution in [0.5, 0.6) is 0 Å². The number of hydrogen-bond acceptors (Lipinski definition) is 3. The van der Waals surface area contributed by atoms with E-state index in [-0.39, 0.29) is 23.9 Å². The van der Waals surface area contributed by atoms with Gasteiger partial charge < -0.3 is 5.32 Å². The molecular formula is C14H19F3N2O2. The van der Waals surface area contributed by atoms with E-state index < -0.39 is 22.4 Å². The largest absolute Gasteiger partial charge is 0.416 e. The quantitative estimate of drug-likeness (QED) is 0.642. The molecule has 0 saturated heterocycles. The molecule has 7 heteroatoms. The second-order valence-corrected chi connectivity index (χ2v) is 5.21. The van der Waals surface area contributed by atoms with Crippen molar-refractivity contribution in [1.29, 1.82) is 0 Å². The first kappa shape index (κ1) is 17.4. The predicted molar refractivity (Wildman–Crippen MR) is 74.1 cm³/mol. The van der Waals surface area contributed by atoms with Crippen LogP contribution in [-0.2, 0) is 12.6 Å². The Hall–Kier alpha value is -1.63. The molecule has 0 radical (unpaired) electrons. The highest BCUT2D eigenvalue weighted by Crippen LogP contribution is 2.35. The standard InChI is InChI=1S/C14H19F3N2O2/c1-4-18-13(9(2)3)7-10-5-6-11(19(20)21)8-12(10)14(15,16)17/h5-6,8-9,13,18H,4,7H2,1-3H3. The van der Waals surface area contributed by atoms with Gasteiger partial charge in [-0.05, 0) is 24.4 Å². The number of non-ortho nitro benzene ring substituents is 1. The number of benzene rings is 1. The number of rotatable bonds is 6. The lowest BCUT2D eigenvalue weighted by Crippen LogP contribution is -2.36. The lowest BCUT2D eigenvalue weighted by atomic mass is 9.93. The Morgan fingerprint density at radius 2 is 1.95 bits per heavy atom. The third kappa shape index (κ3) is 4.70. The number of likely N-dealkylation sites (N-methyl/N-ethyl adjacent to an activating group) is 1. The molecule has 1 rings (SSSR count). The first-order chi connectivity index (χ1) is 9.66. The average molecular weight is 304 g/mol. The molecule has 1 aromatic carbocycles. The summed E-state index contributed by atoms with van der Waals surface area (Å²) in [6.07, 6.45) is -4.42. The first-order valence-corrected chi connectivity index (χ1v) is 6.74. The molecule has 1 unspecified atom stereocenters. The predicted octanol–water partition coefficient (Wildman–Crippen LogP) is 3.79. The van der Waals surface area contributed by atoms with E-state index in [4.69, 9.17) is 0 Å². The molecule has 0 aliphatic rings. The summed E-state index contributed by atoms with van der Waals surface area (Å²) < 4.78 is 39.3. The smallest absolute Gasteiger partial charge is 0.314 e. The fraction of sp³-hybridized carbons (Fsp3) is 0.571. The fourth-order valence-electron chi connectivity index (χ4n) is 2.16. The number of nitrogens with zero attached hydrogens (tertiary/aromatic N) is 1. The maximum Gasteiger partial charge on any atom is 0.416 e. The summed E-state index contributed by atoms with van der Waals surface area (Å²) in [5.41, 5.74) is -1.40. The first-order valence-electron chi connectivity index (χ1n) is 6.74. The molecule has 0 aliphatic heterocycles. The number of nitro groups is 1. The van der Waals surface area contributed by atoms with Crippen LogP contribution in [0.3, 0.4) is 0 Å². The Kier molecular flexibility index (Phi) is 5.71. The van der Waals surface area contributed by atoms with Gasteiger partial charge in [0.15, 0.2) is 0 Å². The van der Waals surface area contributed by atoms with Crippen molar-refractivity contribution >= 4 is 5.69 Å². The van der Waals surface area contributed by atoms with E-state index in [1.807, 2.05) is 20.8 Å². The van der Waals surface area contributed by atoms with E-state index in [1.54, 1.807) is 0 Å². The summed E-state index contributed by atoms with van der Waals surface area (Å²) in [6.45, 7) is 6.38. The molecule has 0 amide bonds. The van der Waals surface area contributed by atoms with E-state index in [9.17, 15) is 23.3 Å². The van der Waals surface area contributed by atoms with Crippen molar-refractivity contribution in [3.05, 3.63) is 39.4 Å². The van der Waals surface area contributed by atoms with Gasteiger partial charge in [-0.3, -0.25) is 10.1 Å². The van der Waals surface area contributed by atoms with Gasteiger partial charge in [-0.25, -0.2) is 0 Å². The van der Waals surface area contributed by atoms with Crippen molar-refractivity contribution in [3.8, 4) is 0 Å². The number of halogens is 3. The van der Waals surface area contributed by atoms with Crippen LogP contribution in [0.2, 0.25) is 0 Å². The highest BCUT2D eigenvalue weighted by atomic mass is 19.4. The molecule has 1 aromatic rings. The van der Waals surface area contributed by atoms with Crippen molar-refractivity contribution in [1.82, 2.24) is 5.32 Å². The Morgan fingerprint density at radius 1 is 1.33 bits per heavy atom. The zero-order valence-electron chi connectivity index (χ0n) is 12.2.